The molecule has 0 aliphatic carbocycles. The van der Waals surface area contributed by atoms with Crippen LogP contribution in [-0.4, -0.2) is 0 Å². The first-order valence-electron chi connectivity index (χ1n) is 8.64. The van der Waals surface area contributed by atoms with Crippen LogP contribution in [0.4, 0.5) is 0 Å². The van der Waals surface area contributed by atoms with Crippen LogP contribution in [0.5, 0.6) is 0 Å². The maximum absolute atomic E-state index is 4.31. The van der Waals surface area contributed by atoms with Gasteiger partial charge in [0.15, 0.2) is 0 Å². The van der Waals surface area contributed by atoms with Crippen LogP contribution < -0.4 is 0 Å². The van der Waals surface area contributed by atoms with E-state index in [1.54, 1.807) is 0 Å². The molecular formula is C18H37. The molecule has 0 aromatic carbocycles. The molecule has 0 aliphatic heterocycles. The van der Waals surface area contributed by atoms with Gasteiger partial charge in [0.2, 0.25) is 0 Å². The lowest BCUT2D eigenvalue weighted by Crippen LogP contribution is -1.95. The van der Waals surface area contributed by atoms with E-state index in [-0.39, 0.29) is 0 Å². The standard InChI is InChI=1S/C18H37/c1-4-6-8-10-12-14-16-18(3)17-15-13-11-9-7-5-2/h18H,3-17H2,1-2H3. The summed E-state index contributed by atoms with van der Waals surface area (Å²) in [5, 5.41) is 0. The van der Waals surface area contributed by atoms with Crippen molar-refractivity contribution in [1.82, 2.24) is 0 Å². The molecule has 109 valence electrons. The van der Waals surface area contributed by atoms with Crippen LogP contribution >= 0.6 is 0 Å². The maximum Gasteiger partial charge on any atom is -0.0414 e. The van der Waals surface area contributed by atoms with Gasteiger partial charge in [-0.05, 0) is 5.92 Å². The summed E-state index contributed by atoms with van der Waals surface area (Å²) in [6, 6.07) is 0. The second kappa shape index (κ2) is 15.1. The van der Waals surface area contributed by atoms with Crippen LogP contribution in [0.25, 0.3) is 0 Å². The van der Waals surface area contributed by atoms with Gasteiger partial charge in [-0.2, -0.15) is 0 Å². The SMILES string of the molecule is [CH2]C(CCCCCCCC)CCCCCCCC. The molecule has 0 aromatic heterocycles. The average molecular weight is 253 g/mol. The zero-order valence-electron chi connectivity index (χ0n) is 13.2. The Morgan fingerprint density at radius 2 is 0.889 bits per heavy atom. The van der Waals surface area contributed by atoms with E-state index in [1.807, 2.05) is 0 Å². The molecule has 0 heterocycles. The Labute approximate surface area is 117 Å². The first-order valence-corrected chi connectivity index (χ1v) is 8.64. The molecule has 0 saturated heterocycles. The topological polar surface area (TPSA) is 0 Å². The second-order valence-corrected chi connectivity index (χ2v) is 5.98. The second-order valence-electron chi connectivity index (χ2n) is 5.98. The summed E-state index contributed by atoms with van der Waals surface area (Å²) in [6.45, 7) is 8.87. The molecule has 0 nitrogen and oxygen atoms in total. The van der Waals surface area contributed by atoms with Gasteiger partial charge in [0.05, 0.1) is 0 Å². The van der Waals surface area contributed by atoms with Crippen molar-refractivity contribution in [3.05, 3.63) is 6.92 Å². The van der Waals surface area contributed by atoms with Crippen LogP contribution in [0.15, 0.2) is 0 Å². The summed E-state index contributed by atoms with van der Waals surface area (Å²) in [6.07, 6.45) is 19.7. The van der Waals surface area contributed by atoms with Gasteiger partial charge in [-0.15, -0.1) is 0 Å². The summed E-state index contributed by atoms with van der Waals surface area (Å²) >= 11 is 0. The largest absolute Gasteiger partial charge is 0.0654 e. The van der Waals surface area contributed by atoms with Gasteiger partial charge in [-0.1, -0.05) is 111 Å². The maximum atomic E-state index is 4.31. The summed E-state index contributed by atoms with van der Waals surface area (Å²) in [7, 11) is 0. The monoisotopic (exact) mass is 253 g/mol. The molecule has 18 heavy (non-hydrogen) atoms. The van der Waals surface area contributed by atoms with Gasteiger partial charge < -0.3 is 0 Å². The van der Waals surface area contributed by atoms with E-state index in [0.29, 0.717) is 0 Å². The highest BCUT2D eigenvalue weighted by atomic mass is 14.1. The fourth-order valence-electron chi connectivity index (χ4n) is 2.57. The molecule has 0 saturated carbocycles. The molecule has 0 aliphatic rings. The number of hydrogen-bond acceptors (Lipinski definition) is 0. The predicted molar refractivity (Wildman–Crippen MR) is 84.8 cm³/mol. The van der Waals surface area contributed by atoms with E-state index in [9.17, 15) is 0 Å². The molecule has 0 atom stereocenters. The van der Waals surface area contributed by atoms with Gasteiger partial charge >= 0.3 is 0 Å². The molecule has 0 amide bonds. The van der Waals surface area contributed by atoms with Crippen molar-refractivity contribution in [3.63, 3.8) is 0 Å². The minimum atomic E-state index is 0.724. The van der Waals surface area contributed by atoms with Crippen LogP contribution in [0.3, 0.4) is 0 Å². The van der Waals surface area contributed by atoms with E-state index in [0.717, 1.165) is 5.92 Å². The average Bonchev–Trinajstić information content (AvgIpc) is 2.38. The van der Waals surface area contributed by atoms with E-state index in [1.165, 1.54) is 89.9 Å². The van der Waals surface area contributed by atoms with Crippen LogP contribution in [0.1, 0.15) is 104 Å². The highest BCUT2D eigenvalue weighted by molar-refractivity contribution is 4.62. The quantitative estimate of drug-likeness (QED) is 0.294. The minimum absolute atomic E-state index is 0.724. The van der Waals surface area contributed by atoms with Crippen LogP contribution in [-0.2, 0) is 0 Å². The van der Waals surface area contributed by atoms with Gasteiger partial charge in [0, 0.05) is 0 Å². The van der Waals surface area contributed by atoms with E-state index >= 15 is 0 Å². The molecule has 0 N–H and O–H groups in total. The van der Waals surface area contributed by atoms with Crippen molar-refractivity contribution in [2.45, 2.75) is 104 Å². The lowest BCUT2D eigenvalue weighted by Gasteiger charge is -2.10. The summed E-state index contributed by atoms with van der Waals surface area (Å²) in [5.41, 5.74) is 0. The van der Waals surface area contributed by atoms with Crippen molar-refractivity contribution in [2.75, 3.05) is 0 Å². The molecule has 0 heteroatoms. The van der Waals surface area contributed by atoms with Crippen LogP contribution in [0.2, 0.25) is 0 Å². The lowest BCUT2D eigenvalue weighted by molar-refractivity contribution is 0.463. The van der Waals surface area contributed by atoms with Gasteiger partial charge in [0.1, 0.15) is 0 Å². The third kappa shape index (κ3) is 14.1. The number of unbranched alkanes of at least 4 members (excludes halogenated alkanes) is 10. The number of hydrogen-bond donors (Lipinski definition) is 0. The van der Waals surface area contributed by atoms with Gasteiger partial charge in [-0.3, -0.25) is 0 Å². The zero-order valence-corrected chi connectivity index (χ0v) is 13.2. The smallest absolute Gasteiger partial charge is 0.0414 e. The fraction of sp³-hybridized carbons (Fsp3) is 0.944. The molecule has 0 bridgehead atoms. The summed E-state index contributed by atoms with van der Waals surface area (Å²) in [4.78, 5) is 0. The van der Waals surface area contributed by atoms with Crippen molar-refractivity contribution >= 4 is 0 Å². The van der Waals surface area contributed by atoms with E-state index < -0.39 is 0 Å². The normalized spacial score (nSPS) is 11.3. The predicted octanol–water partition coefficient (Wildman–Crippen LogP) is 6.94. The van der Waals surface area contributed by atoms with Crippen molar-refractivity contribution in [1.29, 1.82) is 0 Å². The van der Waals surface area contributed by atoms with Gasteiger partial charge in [0.25, 0.3) is 0 Å². The molecule has 0 rings (SSSR count). The van der Waals surface area contributed by atoms with Gasteiger partial charge in [-0.25, -0.2) is 0 Å². The lowest BCUT2D eigenvalue weighted by atomic mass is 9.96. The molecule has 0 fully saturated rings. The first-order chi connectivity index (χ1) is 8.81. The third-order valence-corrected chi connectivity index (χ3v) is 3.93. The molecule has 0 aromatic rings. The molecule has 0 spiro atoms. The number of rotatable bonds is 14. The Hall–Kier alpha value is 0. The Morgan fingerprint density at radius 3 is 1.28 bits per heavy atom. The fourth-order valence-corrected chi connectivity index (χ4v) is 2.57. The first kappa shape index (κ1) is 18.0. The third-order valence-electron chi connectivity index (χ3n) is 3.93. The Bertz CT molecular complexity index is 123. The Kier molecular flexibility index (Phi) is 15.1. The van der Waals surface area contributed by atoms with Crippen molar-refractivity contribution in [3.8, 4) is 0 Å². The van der Waals surface area contributed by atoms with Crippen molar-refractivity contribution < 1.29 is 0 Å². The molecule has 0 unspecified atom stereocenters. The Balaban J connectivity index is 3.10. The van der Waals surface area contributed by atoms with Crippen LogP contribution in [0, 0.1) is 12.8 Å². The summed E-state index contributed by atoms with van der Waals surface area (Å²) < 4.78 is 0. The minimum Gasteiger partial charge on any atom is -0.0654 e. The van der Waals surface area contributed by atoms with E-state index in [4.69, 9.17) is 0 Å². The summed E-state index contributed by atoms with van der Waals surface area (Å²) in [5.74, 6) is 0.724. The molecule has 1 radical (unpaired) electrons. The highest BCUT2D eigenvalue weighted by Gasteiger charge is 2.02. The highest BCUT2D eigenvalue weighted by Crippen LogP contribution is 2.18. The zero-order chi connectivity index (χ0) is 13.5. The van der Waals surface area contributed by atoms with E-state index in [2.05, 4.69) is 20.8 Å². The Morgan fingerprint density at radius 1 is 0.556 bits per heavy atom. The molecular weight excluding hydrogens is 216 g/mol. The van der Waals surface area contributed by atoms with Crippen molar-refractivity contribution in [2.24, 2.45) is 5.92 Å².